The van der Waals surface area contributed by atoms with E-state index in [1.807, 2.05) is 48.5 Å². The van der Waals surface area contributed by atoms with E-state index >= 15 is 0 Å². The summed E-state index contributed by atoms with van der Waals surface area (Å²) in [5.74, 6) is -0.668. The molecule has 0 bridgehead atoms. The van der Waals surface area contributed by atoms with Crippen LogP contribution in [0.1, 0.15) is 19.4 Å². The van der Waals surface area contributed by atoms with E-state index in [4.69, 9.17) is 4.74 Å². The van der Waals surface area contributed by atoms with Crippen LogP contribution in [0.15, 0.2) is 82.0 Å². The summed E-state index contributed by atoms with van der Waals surface area (Å²) in [5, 5.41) is 12.4. The molecule has 0 unspecified atom stereocenters. The van der Waals surface area contributed by atoms with E-state index in [0.29, 0.717) is 15.6 Å². The van der Waals surface area contributed by atoms with E-state index in [0.717, 1.165) is 23.0 Å². The number of carbonyl (C=O) groups excluding carboxylic acids is 1. The summed E-state index contributed by atoms with van der Waals surface area (Å²) in [6.45, 7) is 4.89. The number of aliphatic hydroxyl groups excluding tert-OH is 1. The Morgan fingerprint density at radius 1 is 1.13 bits per heavy atom. The molecule has 1 aliphatic rings. The number of benzene rings is 2. The predicted octanol–water partition coefficient (Wildman–Crippen LogP) is 5.85. The minimum atomic E-state index is -0.573. The van der Waals surface area contributed by atoms with Crippen LogP contribution in [0.25, 0.3) is 17.0 Å². The first-order chi connectivity index (χ1) is 14.6. The first-order valence-electron chi connectivity index (χ1n) is 9.84. The zero-order chi connectivity index (χ0) is 21.1. The lowest BCUT2D eigenvalue weighted by Crippen LogP contribution is -2.12. The number of hydrogen-bond acceptors (Lipinski definition) is 5. The number of aryl methyl sites for hydroxylation is 1. The van der Waals surface area contributed by atoms with E-state index in [2.05, 4.69) is 34.8 Å². The standard InChI is InChI=1S/C24H22N2O3S/c1-3-26-15-16(18-12-8-9-13-19(18)26)14-20-22(27)21(24(28)29-4-2)23(30-20)25-17-10-6-5-7-11-17/h5-15,27H,3-4H2,1-2H3/b20-14-,25-23?. The van der Waals surface area contributed by atoms with E-state index in [1.165, 1.54) is 11.8 Å². The number of aliphatic imine (C=N–C) groups is 1. The maximum atomic E-state index is 12.6. The quantitative estimate of drug-likeness (QED) is 0.528. The van der Waals surface area contributed by atoms with Gasteiger partial charge in [0.1, 0.15) is 16.4 Å². The molecule has 0 saturated heterocycles. The van der Waals surface area contributed by atoms with Gasteiger partial charge in [-0.25, -0.2) is 9.79 Å². The van der Waals surface area contributed by atoms with Crippen molar-refractivity contribution >= 4 is 45.4 Å². The Hall–Kier alpha value is -3.25. The largest absolute Gasteiger partial charge is 0.506 e. The van der Waals surface area contributed by atoms with E-state index in [9.17, 15) is 9.90 Å². The molecule has 6 heteroatoms. The number of para-hydroxylation sites is 2. The first-order valence-corrected chi connectivity index (χ1v) is 10.7. The van der Waals surface area contributed by atoms with Crippen LogP contribution in [0, 0.1) is 0 Å². The minimum absolute atomic E-state index is 0.0959. The number of carbonyl (C=O) groups is 1. The highest BCUT2D eigenvalue weighted by Gasteiger charge is 2.33. The van der Waals surface area contributed by atoms with E-state index in [-0.39, 0.29) is 17.9 Å². The van der Waals surface area contributed by atoms with Gasteiger partial charge in [0, 0.05) is 29.2 Å². The smallest absolute Gasteiger partial charge is 0.344 e. The van der Waals surface area contributed by atoms with Crippen LogP contribution in [0.4, 0.5) is 5.69 Å². The average molecular weight is 419 g/mol. The first kappa shape index (κ1) is 20.0. The van der Waals surface area contributed by atoms with Gasteiger partial charge in [-0.15, -0.1) is 0 Å². The van der Waals surface area contributed by atoms with Gasteiger partial charge in [0.15, 0.2) is 0 Å². The maximum Gasteiger partial charge on any atom is 0.344 e. The number of ether oxygens (including phenoxy) is 1. The molecule has 0 spiro atoms. The van der Waals surface area contributed by atoms with Crippen LogP contribution in [-0.2, 0) is 16.1 Å². The number of aliphatic hydroxyl groups is 1. The van der Waals surface area contributed by atoms with Crippen LogP contribution < -0.4 is 0 Å². The molecule has 1 N–H and O–H groups in total. The Bertz CT molecular complexity index is 1190. The predicted molar refractivity (Wildman–Crippen MR) is 123 cm³/mol. The topological polar surface area (TPSA) is 63.8 Å². The molecule has 0 fully saturated rings. The van der Waals surface area contributed by atoms with E-state index in [1.54, 1.807) is 6.92 Å². The molecule has 0 aliphatic carbocycles. The van der Waals surface area contributed by atoms with Gasteiger partial charge in [0.05, 0.1) is 17.2 Å². The van der Waals surface area contributed by atoms with Gasteiger partial charge in [-0.3, -0.25) is 0 Å². The zero-order valence-corrected chi connectivity index (χ0v) is 17.6. The highest BCUT2D eigenvalue weighted by atomic mass is 32.2. The van der Waals surface area contributed by atoms with Crippen molar-refractivity contribution in [1.29, 1.82) is 0 Å². The van der Waals surface area contributed by atoms with Crippen molar-refractivity contribution in [3.8, 4) is 0 Å². The highest BCUT2D eigenvalue weighted by molar-refractivity contribution is 8.18. The van der Waals surface area contributed by atoms with Crippen molar-refractivity contribution in [1.82, 2.24) is 4.57 Å². The number of nitrogens with zero attached hydrogens (tertiary/aromatic N) is 2. The minimum Gasteiger partial charge on any atom is -0.506 e. The molecule has 0 radical (unpaired) electrons. The fraction of sp³-hybridized carbons (Fsp3) is 0.167. The second-order valence-corrected chi connectivity index (χ2v) is 7.73. The molecular weight excluding hydrogens is 396 g/mol. The number of aromatic nitrogens is 1. The fourth-order valence-corrected chi connectivity index (χ4v) is 4.43. The Labute approximate surface area is 179 Å². The lowest BCUT2D eigenvalue weighted by atomic mass is 10.1. The van der Waals surface area contributed by atoms with Gasteiger partial charge in [-0.1, -0.05) is 48.2 Å². The average Bonchev–Trinajstić information content (AvgIpc) is 3.26. The number of fused-ring (bicyclic) bond motifs is 1. The summed E-state index contributed by atoms with van der Waals surface area (Å²) in [5.41, 5.74) is 2.92. The molecule has 0 saturated carbocycles. The fourth-order valence-electron chi connectivity index (χ4n) is 3.40. The summed E-state index contributed by atoms with van der Waals surface area (Å²) in [6, 6.07) is 17.5. The Morgan fingerprint density at radius 3 is 2.60 bits per heavy atom. The number of thioether (sulfide) groups is 1. The van der Waals surface area contributed by atoms with E-state index < -0.39 is 5.97 Å². The molecule has 2 heterocycles. The number of rotatable bonds is 5. The molecule has 0 amide bonds. The van der Waals surface area contributed by atoms with Crippen LogP contribution >= 0.6 is 11.8 Å². The second kappa shape index (κ2) is 8.63. The molecule has 1 aromatic heterocycles. The van der Waals surface area contributed by atoms with Crippen LogP contribution in [0.3, 0.4) is 0 Å². The van der Waals surface area contributed by atoms with Crippen molar-refractivity contribution in [2.24, 2.45) is 4.99 Å². The van der Waals surface area contributed by atoms with Crippen molar-refractivity contribution in [2.75, 3.05) is 6.61 Å². The molecule has 3 aromatic rings. The number of esters is 1. The summed E-state index contributed by atoms with van der Waals surface area (Å²) >= 11 is 1.27. The zero-order valence-electron chi connectivity index (χ0n) is 16.8. The third kappa shape index (κ3) is 3.78. The van der Waals surface area contributed by atoms with Gasteiger partial charge in [0.25, 0.3) is 0 Å². The van der Waals surface area contributed by atoms with Crippen LogP contribution in [-0.4, -0.2) is 27.3 Å². The molecule has 5 nitrogen and oxygen atoms in total. The summed E-state index contributed by atoms with van der Waals surface area (Å²) in [4.78, 5) is 17.7. The van der Waals surface area contributed by atoms with Gasteiger partial charge in [-0.2, -0.15) is 0 Å². The van der Waals surface area contributed by atoms with Crippen molar-refractivity contribution in [2.45, 2.75) is 20.4 Å². The third-order valence-electron chi connectivity index (χ3n) is 4.80. The molecule has 30 heavy (non-hydrogen) atoms. The Balaban J connectivity index is 1.81. The third-order valence-corrected chi connectivity index (χ3v) is 5.82. The molecule has 2 aromatic carbocycles. The van der Waals surface area contributed by atoms with Crippen LogP contribution in [0.5, 0.6) is 0 Å². The van der Waals surface area contributed by atoms with Gasteiger partial charge >= 0.3 is 5.97 Å². The Kier molecular flexibility index (Phi) is 5.77. The molecule has 152 valence electrons. The molecule has 4 rings (SSSR count). The van der Waals surface area contributed by atoms with Crippen LogP contribution in [0.2, 0.25) is 0 Å². The Morgan fingerprint density at radius 2 is 1.87 bits per heavy atom. The maximum absolute atomic E-state index is 12.6. The summed E-state index contributed by atoms with van der Waals surface area (Å²) < 4.78 is 7.33. The van der Waals surface area contributed by atoms with Crippen molar-refractivity contribution in [3.63, 3.8) is 0 Å². The molecule has 1 aliphatic heterocycles. The monoisotopic (exact) mass is 418 g/mol. The summed E-state index contributed by atoms with van der Waals surface area (Å²) in [6.07, 6.45) is 3.96. The SMILES string of the molecule is CCOC(=O)C1=C(O)/C(=C/c2cn(CC)c3ccccc23)SC1=Nc1ccccc1. The normalized spacial score (nSPS) is 16.7. The number of hydrogen-bond donors (Lipinski definition) is 1. The second-order valence-electron chi connectivity index (χ2n) is 6.69. The van der Waals surface area contributed by atoms with Crippen molar-refractivity contribution < 1.29 is 14.6 Å². The lowest BCUT2D eigenvalue weighted by molar-refractivity contribution is -0.138. The van der Waals surface area contributed by atoms with Crippen molar-refractivity contribution in [3.05, 3.63) is 82.6 Å². The van der Waals surface area contributed by atoms with Gasteiger partial charge < -0.3 is 14.4 Å². The molecule has 0 atom stereocenters. The lowest BCUT2D eigenvalue weighted by Gasteiger charge is -2.03. The highest BCUT2D eigenvalue weighted by Crippen LogP contribution is 2.41. The summed E-state index contributed by atoms with van der Waals surface area (Å²) in [7, 11) is 0. The molecular formula is C24H22N2O3S. The van der Waals surface area contributed by atoms with Gasteiger partial charge in [-0.05, 0) is 38.1 Å². The van der Waals surface area contributed by atoms with Gasteiger partial charge in [0.2, 0.25) is 0 Å².